The summed E-state index contributed by atoms with van der Waals surface area (Å²) in [4.78, 5) is 26.4. The summed E-state index contributed by atoms with van der Waals surface area (Å²) in [5, 5.41) is -2.11. The number of H-pyrrole nitrogens is 1. The summed E-state index contributed by atoms with van der Waals surface area (Å²) < 4.78 is 171. The highest BCUT2D eigenvalue weighted by molar-refractivity contribution is 7.87. The molecule has 1 aliphatic rings. The number of methoxy groups -OCH3 is 1. The molecule has 1 N–H and O–H groups in total. The molecule has 4 aromatic rings. The Labute approximate surface area is 311 Å². The van der Waals surface area contributed by atoms with Gasteiger partial charge in [0, 0.05) is 0 Å². The molecule has 1 saturated heterocycles. The highest BCUT2D eigenvalue weighted by atomic mass is 35.5. The number of halogens is 8. The predicted octanol–water partition coefficient (Wildman–Crippen LogP) is 4.67. The first-order valence-corrected chi connectivity index (χ1v) is 18.5. The molecule has 0 aliphatic carbocycles. The minimum Gasteiger partial charge on any atom is -0.497 e. The molecule has 13 nitrogen and oxygen atoms in total. The number of hydrogen-bond acceptors (Lipinski definition) is 11. The third-order valence-electron chi connectivity index (χ3n) is 8.28. The maximum Gasteiger partial charge on any atom is 0.523 e. The van der Waals surface area contributed by atoms with Gasteiger partial charge in [-0.2, -0.15) is 47.6 Å². The van der Waals surface area contributed by atoms with E-state index in [4.69, 9.17) is 25.8 Å². The number of nitrogens with zero attached hydrogens (tertiary/aromatic N) is 1. The van der Waals surface area contributed by atoms with Crippen LogP contribution in [0.2, 0.25) is 0 Å². The van der Waals surface area contributed by atoms with Gasteiger partial charge in [0.25, 0.3) is 5.56 Å². The van der Waals surface area contributed by atoms with Crippen LogP contribution in [0.1, 0.15) is 22.9 Å². The van der Waals surface area contributed by atoms with Crippen molar-refractivity contribution in [2.45, 2.75) is 39.9 Å². The number of aromatic nitrogens is 2. The van der Waals surface area contributed by atoms with Gasteiger partial charge in [-0.3, -0.25) is 22.7 Å². The number of rotatable bonds is 13. The Kier molecular flexibility index (Phi) is 11.6. The lowest BCUT2D eigenvalue weighted by Crippen LogP contribution is -2.55. The Balaban J connectivity index is 1.84. The predicted molar refractivity (Wildman–Crippen MR) is 176 cm³/mol. The van der Waals surface area contributed by atoms with E-state index in [9.17, 15) is 57.2 Å². The molecule has 0 spiro atoms. The normalized spacial score (nSPS) is 19.3. The second-order valence-corrected chi connectivity index (χ2v) is 15.4. The van der Waals surface area contributed by atoms with E-state index < -0.39 is 90.4 Å². The van der Waals surface area contributed by atoms with Crippen molar-refractivity contribution in [1.82, 2.24) is 9.55 Å². The first-order chi connectivity index (χ1) is 25.6. The first-order valence-electron chi connectivity index (χ1n) is 15.3. The minimum absolute atomic E-state index is 0.159. The zero-order valence-electron chi connectivity index (χ0n) is 27.6. The van der Waals surface area contributed by atoms with E-state index >= 15 is 0 Å². The number of aromatic amines is 1. The van der Waals surface area contributed by atoms with Crippen molar-refractivity contribution in [2.75, 3.05) is 20.3 Å². The zero-order chi connectivity index (χ0) is 40.6. The van der Waals surface area contributed by atoms with Crippen LogP contribution in [-0.2, 0) is 43.7 Å². The van der Waals surface area contributed by atoms with Gasteiger partial charge in [-0.1, -0.05) is 72.8 Å². The average Bonchev–Trinajstić information content (AvgIpc) is 3.40. The van der Waals surface area contributed by atoms with E-state index in [1.807, 2.05) is 0 Å². The molecule has 0 amide bonds. The lowest BCUT2D eigenvalue weighted by Gasteiger charge is -2.42. The molecular formula is C32H26ClF7N2O11S2. The average molecular weight is 847 g/mol. The molecule has 5 rings (SSSR count). The highest BCUT2D eigenvalue weighted by Crippen LogP contribution is 2.50. The largest absolute Gasteiger partial charge is 0.523 e. The van der Waals surface area contributed by atoms with Gasteiger partial charge in [0.05, 0.1) is 13.3 Å². The van der Waals surface area contributed by atoms with Crippen molar-refractivity contribution in [3.8, 4) is 5.75 Å². The third kappa shape index (κ3) is 8.16. The molecule has 3 atom stereocenters. The highest BCUT2D eigenvalue weighted by Gasteiger charge is 2.63. The second-order valence-electron chi connectivity index (χ2n) is 11.7. The quantitative estimate of drug-likeness (QED) is 0.0653. The van der Waals surface area contributed by atoms with Crippen LogP contribution in [0.4, 0.5) is 30.7 Å². The van der Waals surface area contributed by atoms with Crippen molar-refractivity contribution < 1.29 is 70.1 Å². The molecule has 0 bridgehead atoms. The zero-order valence-corrected chi connectivity index (χ0v) is 30.0. The molecule has 0 saturated carbocycles. The molecule has 3 aromatic carbocycles. The van der Waals surface area contributed by atoms with Crippen LogP contribution in [0.5, 0.6) is 5.75 Å². The van der Waals surface area contributed by atoms with E-state index in [2.05, 4.69) is 8.37 Å². The fourth-order valence-electron chi connectivity index (χ4n) is 5.67. The number of hydrogen-bond donors (Lipinski definition) is 1. The monoisotopic (exact) mass is 846 g/mol. The smallest absolute Gasteiger partial charge is 0.497 e. The summed E-state index contributed by atoms with van der Waals surface area (Å²) in [7, 11) is -12.0. The van der Waals surface area contributed by atoms with E-state index in [1.54, 1.807) is 17.1 Å². The summed E-state index contributed by atoms with van der Waals surface area (Å²) >= 11 is 6.82. The van der Waals surface area contributed by atoms with Crippen LogP contribution < -0.4 is 16.0 Å². The molecule has 1 aliphatic heterocycles. The van der Waals surface area contributed by atoms with Crippen LogP contribution in [0.3, 0.4) is 0 Å². The van der Waals surface area contributed by atoms with Crippen LogP contribution in [0.25, 0.3) is 0 Å². The summed E-state index contributed by atoms with van der Waals surface area (Å²) in [6, 6.07) is 21.1. The number of alkyl halides is 7. The van der Waals surface area contributed by atoms with Crippen LogP contribution >= 0.6 is 11.6 Å². The maximum atomic E-state index is 14.6. The first kappa shape index (κ1) is 41.8. The van der Waals surface area contributed by atoms with Gasteiger partial charge in [-0.05, 0) is 28.8 Å². The van der Waals surface area contributed by atoms with E-state index in [1.165, 1.54) is 79.9 Å². The lowest BCUT2D eigenvalue weighted by atomic mass is 9.79. The molecule has 1 fully saturated rings. The van der Waals surface area contributed by atoms with Gasteiger partial charge >= 0.3 is 36.9 Å². The molecule has 0 unspecified atom stereocenters. The van der Waals surface area contributed by atoms with Crippen molar-refractivity contribution in [2.24, 2.45) is 0 Å². The molecule has 55 heavy (non-hydrogen) atoms. The van der Waals surface area contributed by atoms with Crippen molar-refractivity contribution in [1.29, 1.82) is 0 Å². The molecule has 0 radical (unpaired) electrons. The Morgan fingerprint density at radius 3 is 1.67 bits per heavy atom. The fraction of sp³-hybridized carbons (Fsp3) is 0.312. The summed E-state index contributed by atoms with van der Waals surface area (Å²) in [6.45, 7) is -4.06. The Morgan fingerprint density at radius 2 is 1.24 bits per heavy atom. The summed E-state index contributed by atoms with van der Waals surface area (Å²) in [6.07, 6.45) is -4.42. The minimum atomic E-state index is -6.65. The van der Waals surface area contributed by atoms with Gasteiger partial charge in [0.1, 0.15) is 41.6 Å². The molecular weight excluding hydrogens is 821 g/mol. The van der Waals surface area contributed by atoms with Gasteiger partial charge < -0.3 is 14.2 Å². The second kappa shape index (κ2) is 15.3. The van der Waals surface area contributed by atoms with Crippen molar-refractivity contribution in [3.05, 3.63) is 134 Å². The summed E-state index contributed by atoms with van der Waals surface area (Å²) in [5.74, 6) is -1.35. The van der Waals surface area contributed by atoms with Gasteiger partial charge in [-0.25, -0.2) is 4.79 Å². The van der Waals surface area contributed by atoms with E-state index in [-0.39, 0.29) is 27.5 Å². The lowest BCUT2D eigenvalue weighted by molar-refractivity contribution is -0.175. The molecule has 23 heteroatoms. The Morgan fingerprint density at radius 1 is 0.782 bits per heavy atom. The molecule has 1 aromatic heterocycles. The van der Waals surface area contributed by atoms with Gasteiger partial charge in [-0.15, -0.1) is 11.6 Å². The molecule has 2 heterocycles. The molecule has 298 valence electrons. The van der Waals surface area contributed by atoms with Gasteiger partial charge in [0.2, 0.25) is 5.82 Å². The third-order valence-corrected chi connectivity index (χ3v) is 10.7. The Hall–Kier alpha value is -4.32. The number of benzene rings is 3. The SMILES string of the molecule is COc1ccc(C(O[C@H]2[C@H](Cl)[C@H](n3cc(F)c(=O)[nH]c3=O)OC2(COS(=O)(=O)C(F)(F)F)COS(=O)(=O)C(F)(F)F)(c2ccccc2)c2ccccc2)cc1. The Bertz CT molecular complexity index is 2240. The van der Waals surface area contributed by atoms with Crippen LogP contribution in [-0.4, -0.2) is 74.8 Å². The standard InChI is InChI=1S/C32H26ClF7N2O11S2/c1-49-22-14-12-21(13-15-22)30(19-8-4-2-5-9-19,20-10-6-3-7-11-20)52-25-24(33)27(42-16-23(34)26(43)41-28(42)44)53-29(25,17-50-54(45,46)31(35,36)37)18-51-55(47,48)32(38,39)40/h2-16,24-25,27H,17-18H2,1H3,(H,41,43,44)/t24-,25-,27+/m0/s1. The topological polar surface area (TPSA) is 169 Å². The van der Waals surface area contributed by atoms with Crippen LogP contribution in [0, 0.1) is 5.82 Å². The van der Waals surface area contributed by atoms with Crippen molar-refractivity contribution in [3.63, 3.8) is 0 Å². The van der Waals surface area contributed by atoms with E-state index in [0.29, 0.717) is 5.75 Å². The van der Waals surface area contributed by atoms with Gasteiger partial charge in [0.15, 0.2) is 6.23 Å². The summed E-state index contributed by atoms with van der Waals surface area (Å²) in [5.41, 5.74) is -20.2. The van der Waals surface area contributed by atoms with E-state index in [0.717, 1.165) is 0 Å². The maximum absolute atomic E-state index is 14.6. The fourth-order valence-corrected chi connectivity index (χ4v) is 7.10. The number of nitrogens with one attached hydrogen (secondary N) is 1. The van der Waals surface area contributed by atoms with Crippen molar-refractivity contribution >= 4 is 31.8 Å². The van der Waals surface area contributed by atoms with Crippen LogP contribution in [0.15, 0.2) is 101 Å². The number of ether oxygens (including phenoxy) is 3.